The van der Waals surface area contributed by atoms with Gasteiger partial charge in [0, 0.05) is 37.2 Å². The molecule has 1 unspecified atom stereocenters. The first kappa shape index (κ1) is 21.5. The Morgan fingerprint density at radius 1 is 1.09 bits per heavy atom. The van der Waals surface area contributed by atoms with Crippen LogP contribution in [-0.4, -0.2) is 41.6 Å². The molecule has 5 rings (SSSR count). The summed E-state index contributed by atoms with van der Waals surface area (Å²) in [5.74, 6) is -0.0983. The smallest absolute Gasteiger partial charge is 0.253 e. The highest BCUT2D eigenvalue weighted by Crippen LogP contribution is 2.32. The van der Waals surface area contributed by atoms with Gasteiger partial charge in [-0.1, -0.05) is 54.1 Å². The summed E-state index contributed by atoms with van der Waals surface area (Å²) in [6.07, 6.45) is 2.51. The summed E-state index contributed by atoms with van der Waals surface area (Å²) >= 11 is 6.24. The molecular weight excluding hydrogens is 434 g/mol. The van der Waals surface area contributed by atoms with Crippen molar-refractivity contribution in [2.45, 2.75) is 19.0 Å². The number of rotatable bonds is 6. The van der Waals surface area contributed by atoms with Crippen LogP contribution in [0.2, 0.25) is 5.02 Å². The number of benzene rings is 3. The quantitative estimate of drug-likeness (QED) is 0.404. The number of piperazine rings is 1. The topological polar surface area (TPSA) is 73.0 Å². The predicted molar refractivity (Wildman–Crippen MR) is 133 cm³/mol. The molecule has 1 aliphatic rings. The van der Waals surface area contributed by atoms with E-state index in [0.717, 1.165) is 53.4 Å². The maximum atomic E-state index is 13.3. The van der Waals surface area contributed by atoms with Crippen molar-refractivity contribution in [3.8, 4) is 0 Å². The molecule has 0 spiro atoms. The van der Waals surface area contributed by atoms with Crippen LogP contribution < -0.4 is 15.5 Å². The van der Waals surface area contributed by atoms with E-state index in [9.17, 15) is 4.79 Å². The van der Waals surface area contributed by atoms with E-state index in [2.05, 4.69) is 31.6 Å². The Morgan fingerprint density at radius 2 is 1.94 bits per heavy atom. The highest BCUT2D eigenvalue weighted by molar-refractivity contribution is 6.30. The lowest BCUT2D eigenvalue weighted by Crippen LogP contribution is -2.53. The van der Waals surface area contributed by atoms with E-state index < -0.39 is 0 Å². The van der Waals surface area contributed by atoms with Crippen LogP contribution in [-0.2, 0) is 13.0 Å². The van der Waals surface area contributed by atoms with Gasteiger partial charge in [-0.25, -0.2) is 4.98 Å². The number of aromatic nitrogens is 2. The normalized spacial score (nSPS) is 16.2. The molecule has 6 nitrogen and oxygen atoms in total. The van der Waals surface area contributed by atoms with E-state index in [0.29, 0.717) is 12.1 Å². The Balaban J connectivity index is 1.48. The SMILES string of the molecule is O=C(NCc1ccccc1)c1ccc2[nH]cnc2c1N1CCNCC1Cc1cccc(Cl)c1. The summed E-state index contributed by atoms with van der Waals surface area (Å²) in [6, 6.07) is 21.9. The first-order valence-corrected chi connectivity index (χ1v) is 11.6. The van der Waals surface area contributed by atoms with Crippen LogP contribution in [0.25, 0.3) is 11.0 Å². The van der Waals surface area contributed by atoms with Gasteiger partial charge in [-0.3, -0.25) is 4.79 Å². The number of imidazole rings is 1. The standard InChI is InChI=1S/C26H26ClN5O/c27-20-8-4-7-19(13-20)14-21-16-28-11-12-32(21)25-22(9-10-23-24(25)31-17-30-23)26(33)29-15-18-5-2-1-3-6-18/h1-10,13,17,21,28H,11-12,14-16H2,(H,29,33)(H,30,31). The van der Waals surface area contributed by atoms with E-state index in [1.54, 1.807) is 6.33 Å². The molecule has 1 saturated heterocycles. The first-order chi connectivity index (χ1) is 16.2. The van der Waals surface area contributed by atoms with E-state index >= 15 is 0 Å². The van der Waals surface area contributed by atoms with Gasteiger partial charge in [0.25, 0.3) is 5.91 Å². The number of fused-ring (bicyclic) bond motifs is 1. The van der Waals surface area contributed by atoms with E-state index in [4.69, 9.17) is 11.6 Å². The molecule has 0 aliphatic carbocycles. The second-order valence-electron chi connectivity index (χ2n) is 8.31. The van der Waals surface area contributed by atoms with Crippen molar-refractivity contribution in [3.05, 3.63) is 94.8 Å². The summed E-state index contributed by atoms with van der Waals surface area (Å²) in [4.78, 5) is 23.5. The van der Waals surface area contributed by atoms with Crippen LogP contribution in [0.3, 0.4) is 0 Å². The molecule has 0 bridgehead atoms. The minimum Gasteiger partial charge on any atom is -0.363 e. The van der Waals surface area contributed by atoms with Gasteiger partial charge in [0.15, 0.2) is 0 Å². The third-order valence-electron chi connectivity index (χ3n) is 6.10. The van der Waals surface area contributed by atoms with Crippen molar-refractivity contribution in [1.82, 2.24) is 20.6 Å². The third-order valence-corrected chi connectivity index (χ3v) is 6.34. The van der Waals surface area contributed by atoms with Crippen molar-refractivity contribution in [2.24, 2.45) is 0 Å². The second kappa shape index (κ2) is 9.65. The van der Waals surface area contributed by atoms with E-state index in [-0.39, 0.29) is 11.9 Å². The number of amides is 1. The number of nitrogens with one attached hydrogen (secondary N) is 3. The number of hydrogen-bond acceptors (Lipinski definition) is 4. The summed E-state index contributed by atoms with van der Waals surface area (Å²) in [5, 5.41) is 7.32. The van der Waals surface area contributed by atoms with Crippen molar-refractivity contribution >= 4 is 34.2 Å². The highest BCUT2D eigenvalue weighted by Gasteiger charge is 2.29. The molecule has 3 aromatic carbocycles. The Hall–Kier alpha value is -3.35. The molecular formula is C26H26ClN5O. The van der Waals surface area contributed by atoms with Gasteiger partial charge in [-0.05, 0) is 41.8 Å². The lowest BCUT2D eigenvalue weighted by molar-refractivity contribution is 0.0951. The van der Waals surface area contributed by atoms with Gasteiger partial charge in [-0.2, -0.15) is 0 Å². The Bertz CT molecular complexity index is 1260. The van der Waals surface area contributed by atoms with Crippen LogP contribution in [0, 0.1) is 0 Å². The molecule has 4 aromatic rings. The van der Waals surface area contributed by atoms with Gasteiger partial charge in [0.05, 0.1) is 23.1 Å². The molecule has 1 aromatic heterocycles. The van der Waals surface area contributed by atoms with Crippen LogP contribution in [0.5, 0.6) is 0 Å². The number of carbonyl (C=O) groups is 1. The molecule has 1 aliphatic heterocycles. The molecule has 2 heterocycles. The van der Waals surface area contributed by atoms with Gasteiger partial charge in [0.1, 0.15) is 5.52 Å². The fourth-order valence-electron chi connectivity index (χ4n) is 4.51. The summed E-state index contributed by atoms with van der Waals surface area (Å²) in [7, 11) is 0. The molecule has 1 amide bonds. The number of nitrogens with zero attached hydrogens (tertiary/aromatic N) is 2. The zero-order chi connectivity index (χ0) is 22.6. The molecule has 1 fully saturated rings. The number of carbonyl (C=O) groups excluding carboxylic acids is 1. The number of anilines is 1. The molecule has 0 radical (unpaired) electrons. The van der Waals surface area contributed by atoms with Gasteiger partial charge in [-0.15, -0.1) is 0 Å². The minimum atomic E-state index is -0.0983. The summed E-state index contributed by atoms with van der Waals surface area (Å²) in [5.41, 5.74) is 5.50. The predicted octanol–water partition coefficient (Wildman–Crippen LogP) is 4.17. The lowest BCUT2D eigenvalue weighted by atomic mass is 10.00. The van der Waals surface area contributed by atoms with Crippen molar-refractivity contribution in [1.29, 1.82) is 0 Å². The van der Waals surface area contributed by atoms with E-state index in [1.807, 2.05) is 60.7 Å². The zero-order valence-electron chi connectivity index (χ0n) is 18.2. The van der Waals surface area contributed by atoms with Crippen LogP contribution in [0.4, 0.5) is 5.69 Å². The lowest BCUT2D eigenvalue weighted by Gasteiger charge is -2.39. The van der Waals surface area contributed by atoms with E-state index in [1.165, 1.54) is 5.56 Å². The monoisotopic (exact) mass is 459 g/mol. The molecule has 0 saturated carbocycles. The van der Waals surface area contributed by atoms with Crippen molar-refractivity contribution in [3.63, 3.8) is 0 Å². The average molecular weight is 460 g/mol. The number of aromatic amines is 1. The van der Waals surface area contributed by atoms with Gasteiger partial charge >= 0.3 is 0 Å². The maximum Gasteiger partial charge on any atom is 0.253 e. The maximum absolute atomic E-state index is 13.3. The second-order valence-corrected chi connectivity index (χ2v) is 8.75. The van der Waals surface area contributed by atoms with Crippen LogP contribution >= 0.6 is 11.6 Å². The zero-order valence-corrected chi connectivity index (χ0v) is 19.0. The first-order valence-electron chi connectivity index (χ1n) is 11.2. The number of hydrogen-bond donors (Lipinski definition) is 3. The van der Waals surface area contributed by atoms with Crippen molar-refractivity contribution < 1.29 is 4.79 Å². The fraction of sp³-hybridized carbons (Fsp3) is 0.231. The number of halogens is 1. The molecule has 3 N–H and O–H groups in total. The largest absolute Gasteiger partial charge is 0.363 e. The van der Waals surface area contributed by atoms with Crippen LogP contribution in [0.15, 0.2) is 73.1 Å². The fourth-order valence-corrected chi connectivity index (χ4v) is 4.73. The highest BCUT2D eigenvalue weighted by atomic mass is 35.5. The molecule has 1 atom stereocenters. The molecule has 33 heavy (non-hydrogen) atoms. The summed E-state index contributed by atoms with van der Waals surface area (Å²) in [6.45, 7) is 2.93. The third kappa shape index (κ3) is 4.72. The number of H-pyrrole nitrogens is 1. The summed E-state index contributed by atoms with van der Waals surface area (Å²) < 4.78 is 0. The van der Waals surface area contributed by atoms with Gasteiger partial charge in [0.2, 0.25) is 0 Å². The Morgan fingerprint density at radius 3 is 2.79 bits per heavy atom. The molecule has 7 heteroatoms. The molecule has 168 valence electrons. The Kier molecular flexibility index (Phi) is 6.28. The average Bonchev–Trinajstić information content (AvgIpc) is 3.32. The minimum absolute atomic E-state index is 0.0983. The van der Waals surface area contributed by atoms with Crippen molar-refractivity contribution in [2.75, 3.05) is 24.5 Å². The Labute approximate surface area is 198 Å². The van der Waals surface area contributed by atoms with Gasteiger partial charge < -0.3 is 20.5 Å². The van der Waals surface area contributed by atoms with Crippen LogP contribution in [0.1, 0.15) is 21.5 Å².